The molecule has 0 aromatic carbocycles. The van der Waals surface area contributed by atoms with Crippen LogP contribution in [0.15, 0.2) is 10.7 Å². The number of hydrogen-bond donors (Lipinski definition) is 0. The molecule has 0 N–H and O–H groups in total. The van der Waals surface area contributed by atoms with Crippen LogP contribution < -0.4 is 4.90 Å². The van der Waals surface area contributed by atoms with Gasteiger partial charge in [0.2, 0.25) is 0 Å². The fraction of sp³-hybridized carbons (Fsp3) is 0.714. The van der Waals surface area contributed by atoms with Crippen molar-refractivity contribution in [3.05, 3.63) is 16.5 Å². The van der Waals surface area contributed by atoms with E-state index < -0.39 is 0 Å². The monoisotopic (exact) mass is 325 g/mol. The van der Waals surface area contributed by atoms with Crippen LogP contribution >= 0.6 is 15.9 Å². The maximum absolute atomic E-state index is 5.79. The summed E-state index contributed by atoms with van der Waals surface area (Å²) in [6.07, 6.45) is 6.43. The highest BCUT2D eigenvalue weighted by molar-refractivity contribution is 9.10. The largest absolute Gasteiger partial charge is 0.376 e. The summed E-state index contributed by atoms with van der Waals surface area (Å²) in [6, 6.07) is 1.99. The molecule has 104 valence electrons. The Bertz CT molecular complexity index is 444. The summed E-state index contributed by atoms with van der Waals surface area (Å²) in [5, 5.41) is 0. The maximum atomic E-state index is 5.79. The molecule has 5 heteroatoms. The van der Waals surface area contributed by atoms with Gasteiger partial charge in [0.25, 0.3) is 0 Å². The normalized spacial score (nSPS) is 23.4. The van der Waals surface area contributed by atoms with Gasteiger partial charge in [-0.1, -0.05) is 0 Å². The molecule has 1 saturated heterocycles. The second kappa shape index (κ2) is 5.75. The highest BCUT2D eigenvalue weighted by Gasteiger charge is 2.27. The van der Waals surface area contributed by atoms with Crippen LogP contribution in [0.5, 0.6) is 0 Å². The molecule has 2 fully saturated rings. The number of likely N-dealkylation sites (N-methyl/N-ethyl adjacent to an activating group) is 1. The molecule has 0 radical (unpaired) electrons. The van der Waals surface area contributed by atoms with Crippen LogP contribution in [0.4, 0.5) is 5.82 Å². The van der Waals surface area contributed by atoms with Gasteiger partial charge in [0.1, 0.15) is 16.2 Å². The van der Waals surface area contributed by atoms with Gasteiger partial charge < -0.3 is 9.64 Å². The molecule has 1 unspecified atom stereocenters. The lowest BCUT2D eigenvalue weighted by molar-refractivity contribution is 0.0215. The van der Waals surface area contributed by atoms with E-state index in [1.165, 1.54) is 25.7 Å². The van der Waals surface area contributed by atoms with Gasteiger partial charge in [0.05, 0.1) is 6.10 Å². The topological polar surface area (TPSA) is 38.2 Å². The van der Waals surface area contributed by atoms with Crippen molar-refractivity contribution in [2.75, 3.05) is 25.1 Å². The van der Waals surface area contributed by atoms with Crippen LogP contribution in [-0.2, 0) is 4.74 Å². The first kappa shape index (κ1) is 13.3. The molecule has 1 saturated carbocycles. The molecule has 1 atom stereocenters. The number of ether oxygens (including phenoxy) is 1. The molecule has 0 amide bonds. The zero-order chi connectivity index (χ0) is 13.2. The van der Waals surface area contributed by atoms with Crippen LogP contribution in [-0.4, -0.2) is 36.3 Å². The average Bonchev–Trinajstić information content (AvgIpc) is 3.23. The van der Waals surface area contributed by atoms with Crippen molar-refractivity contribution in [1.82, 2.24) is 9.97 Å². The van der Waals surface area contributed by atoms with E-state index in [0.717, 1.165) is 35.8 Å². The molecule has 1 aliphatic heterocycles. The van der Waals surface area contributed by atoms with E-state index in [0.29, 0.717) is 12.0 Å². The molecule has 1 aromatic heterocycles. The molecule has 2 aliphatic rings. The molecule has 0 spiro atoms. The Kier molecular flexibility index (Phi) is 4.03. The molecule has 19 heavy (non-hydrogen) atoms. The molecule has 1 aromatic rings. The van der Waals surface area contributed by atoms with Gasteiger partial charge in [-0.2, -0.15) is 0 Å². The predicted molar refractivity (Wildman–Crippen MR) is 78.6 cm³/mol. The lowest BCUT2D eigenvalue weighted by Crippen LogP contribution is -2.33. The Hall–Kier alpha value is -0.680. The number of anilines is 1. The van der Waals surface area contributed by atoms with Crippen molar-refractivity contribution in [1.29, 1.82) is 0 Å². The smallest absolute Gasteiger partial charge is 0.135 e. The summed E-state index contributed by atoms with van der Waals surface area (Å²) in [4.78, 5) is 11.4. The second-order valence-electron chi connectivity index (χ2n) is 5.55. The molecule has 2 heterocycles. The molecular weight excluding hydrogens is 306 g/mol. The first-order valence-corrected chi connectivity index (χ1v) is 7.89. The zero-order valence-corrected chi connectivity index (χ0v) is 12.9. The zero-order valence-electron chi connectivity index (χ0n) is 11.3. The summed E-state index contributed by atoms with van der Waals surface area (Å²) < 4.78 is 6.68. The van der Waals surface area contributed by atoms with Crippen molar-refractivity contribution in [2.45, 2.75) is 44.1 Å². The summed E-state index contributed by atoms with van der Waals surface area (Å²) in [7, 11) is 2.09. The summed E-state index contributed by atoms with van der Waals surface area (Å²) in [6.45, 7) is 1.81. The Morgan fingerprint density at radius 2 is 2.16 bits per heavy atom. The third kappa shape index (κ3) is 3.45. The molecule has 1 aliphatic carbocycles. The van der Waals surface area contributed by atoms with E-state index in [1.807, 2.05) is 6.07 Å². The summed E-state index contributed by atoms with van der Waals surface area (Å²) in [5.74, 6) is 2.56. The van der Waals surface area contributed by atoms with Crippen LogP contribution in [0.1, 0.15) is 43.8 Å². The third-order valence-electron chi connectivity index (χ3n) is 3.78. The number of halogens is 1. The number of nitrogens with zero attached hydrogens (tertiary/aromatic N) is 3. The molecule has 3 rings (SSSR count). The second-order valence-corrected chi connectivity index (χ2v) is 6.36. The quantitative estimate of drug-likeness (QED) is 0.797. The Morgan fingerprint density at radius 3 is 2.84 bits per heavy atom. The summed E-state index contributed by atoms with van der Waals surface area (Å²) in [5.41, 5.74) is 0. The van der Waals surface area contributed by atoms with Crippen LogP contribution in [0.2, 0.25) is 0 Å². The number of rotatable bonds is 4. The Balaban J connectivity index is 1.69. The molecular formula is C14H20BrN3O. The minimum Gasteiger partial charge on any atom is -0.376 e. The lowest BCUT2D eigenvalue weighted by atomic mass is 10.1. The Labute approximate surface area is 122 Å². The van der Waals surface area contributed by atoms with Gasteiger partial charge >= 0.3 is 0 Å². The van der Waals surface area contributed by atoms with Crippen LogP contribution in [0, 0.1) is 0 Å². The van der Waals surface area contributed by atoms with E-state index in [4.69, 9.17) is 9.72 Å². The van der Waals surface area contributed by atoms with Crippen molar-refractivity contribution >= 4 is 21.7 Å². The van der Waals surface area contributed by atoms with E-state index in [2.05, 4.69) is 32.9 Å². The van der Waals surface area contributed by atoms with Gasteiger partial charge in [0.15, 0.2) is 0 Å². The van der Waals surface area contributed by atoms with Gasteiger partial charge in [0, 0.05) is 32.2 Å². The fourth-order valence-electron chi connectivity index (χ4n) is 2.49. The van der Waals surface area contributed by atoms with Gasteiger partial charge in [-0.25, -0.2) is 9.97 Å². The highest BCUT2D eigenvalue weighted by Crippen LogP contribution is 2.39. The number of aromatic nitrogens is 2. The fourth-order valence-corrected chi connectivity index (χ4v) is 2.88. The number of hydrogen-bond acceptors (Lipinski definition) is 4. The van der Waals surface area contributed by atoms with Gasteiger partial charge in [-0.05, 0) is 48.0 Å². The molecule has 0 bridgehead atoms. The van der Waals surface area contributed by atoms with Gasteiger partial charge in [-0.3, -0.25) is 0 Å². The lowest BCUT2D eigenvalue weighted by Gasteiger charge is -2.28. The SMILES string of the molecule is CN(CC1CCCCO1)c1cc(Br)nc(C2CC2)n1. The van der Waals surface area contributed by atoms with Crippen molar-refractivity contribution in [2.24, 2.45) is 0 Å². The minimum atomic E-state index is 0.344. The average molecular weight is 326 g/mol. The van der Waals surface area contributed by atoms with Crippen LogP contribution in [0.3, 0.4) is 0 Å². The first-order valence-electron chi connectivity index (χ1n) is 7.09. The molecule has 4 nitrogen and oxygen atoms in total. The standard InChI is InChI=1S/C14H20BrN3O/c1-18(9-11-4-2-3-7-19-11)13-8-12(15)16-14(17-13)10-5-6-10/h8,10-11H,2-7,9H2,1H3. The highest BCUT2D eigenvalue weighted by atomic mass is 79.9. The van der Waals surface area contributed by atoms with Crippen molar-refractivity contribution in [3.8, 4) is 0 Å². The van der Waals surface area contributed by atoms with E-state index in [-0.39, 0.29) is 0 Å². The predicted octanol–water partition coefficient (Wildman–Crippen LogP) is 3.12. The maximum Gasteiger partial charge on any atom is 0.135 e. The minimum absolute atomic E-state index is 0.344. The first-order chi connectivity index (χ1) is 9.22. The summed E-state index contributed by atoms with van der Waals surface area (Å²) >= 11 is 3.49. The van der Waals surface area contributed by atoms with E-state index in [1.54, 1.807) is 0 Å². The van der Waals surface area contributed by atoms with E-state index >= 15 is 0 Å². The van der Waals surface area contributed by atoms with E-state index in [9.17, 15) is 0 Å². The van der Waals surface area contributed by atoms with Crippen LogP contribution in [0.25, 0.3) is 0 Å². The van der Waals surface area contributed by atoms with Crippen molar-refractivity contribution < 1.29 is 4.74 Å². The third-order valence-corrected chi connectivity index (χ3v) is 4.19. The Morgan fingerprint density at radius 1 is 1.32 bits per heavy atom. The van der Waals surface area contributed by atoms with Gasteiger partial charge in [-0.15, -0.1) is 0 Å². The van der Waals surface area contributed by atoms with Crippen molar-refractivity contribution in [3.63, 3.8) is 0 Å².